The molecule has 4 heterocycles. The number of thiazole rings is 1. The van der Waals surface area contributed by atoms with Gasteiger partial charge in [-0.25, -0.2) is 9.97 Å². The third kappa shape index (κ3) is 2.17. The summed E-state index contributed by atoms with van der Waals surface area (Å²) in [7, 11) is 0. The molecule has 0 spiro atoms. The summed E-state index contributed by atoms with van der Waals surface area (Å²) < 4.78 is 9.57. The van der Waals surface area contributed by atoms with Crippen LogP contribution in [0.3, 0.4) is 0 Å². The van der Waals surface area contributed by atoms with Crippen molar-refractivity contribution in [1.82, 2.24) is 29.1 Å². The van der Waals surface area contributed by atoms with Crippen molar-refractivity contribution in [3.8, 4) is 10.9 Å². The van der Waals surface area contributed by atoms with Gasteiger partial charge in [0.15, 0.2) is 5.13 Å². The Kier molecular flexibility index (Phi) is 3.22. The maximum Gasteiger partial charge on any atom is 0.267 e. The van der Waals surface area contributed by atoms with E-state index in [1.165, 1.54) is 28.4 Å². The third-order valence-electron chi connectivity index (χ3n) is 4.04. The van der Waals surface area contributed by atoms with E-state index in [1.807, 2.05) is 31.2 Å². The lowest BCUT2D eigenvalue weighted by Crippen LogP contribution is -2.18. The molecular formula is C17H12N6O2S. The van der Waals surface area contributed by atoms with Crippen molar-refractivity contribution < 1.29 is 4.74 Å². The van der Waals surface area contributed by atoms with Crippen LogP contribution in [0.15, 0.2) is 47.8 Å². The number of rotatable bonds is 3. The van der Waals surface area contributed by atoms with E-state index in [0.717, 1.165) is 16.0 Å². The third-order valence-corrected chi connectivity index (χ3v) is 5.06. The Bertz CT molecular complexity index is 1340. The highest BCUT2D eigenvalue weighted by Crippen LogP contribution is 2.28. The fraction of sp³-hybridized carbons (Fsp3) is 0.118. The molecule has 0 aliphatic carbocycles. The van der Waals surface area contributed by atoms with Crippen LogP contribution in [0.1, 0.15) is 6.92 Å². The fourth-order valence-corrected chi connectivity index (χ4v) is 3.84. The van der Waals surface area contributed by atoms with Gasteiger partial charge in [-0.1, -0.05) is 11.3 Å². The number of hydrogen-bond acceptors (Lipinski definition) is 7. The summed E-state index contributed by atoms with van der Waals surface area (Å²) >= 11 is 1.44. The average Bonchev–Trinajstić information content (AvgIpc) is 3.28. The number of hydrogen-bond donors (Lipinski definition) is 0. The van der Waals surface area contributed by atoms with Crippen molar-refractivity contribution in [3.05, 3.63) is 53.3 Å². The number of ether oxygens (including phenoxy) is 1. The van der Waals surface area contributed by atoms with Crippen LogP contribution >= 0.6 is 11.3 Å². The standard InChI is InChI=1S/C17H12N6O2S/c1-2-25-10-3-4-12-14(7-10)26-17(21-12)22-6-5-13-11(15(22)24)8-18-16-19-9-20-23(13)16/h3-9H,2H2,1H3. The van der Waals surface area contributed by atoms with Gasteiger partial charge < -0.3 is 4.74 Å². The number of nitrogens with zero attached hydrogens (tertiary/aromatic N) is 6. The lowest BCUT2D eigenvalue weighted by Gasteiger charge is -2.04. The van der Waals surface area contributed by atoms with Crippen LogP contribution in [0.5, 0.6) is 5.75 Å². The first-order chi connectivity index (χ1) is 12.7. The quantitative estimate of drug-likeness (QED) is 0.489. The van der Waals surface area contributed by atoms with E-state index in [1.54, 1.807) is 10.7 Å². The molecule has 0 radical (unpaired) electrons. The summed E-state index contributed by atoms with van der Waals surface area (Å²) in [5.41, 5.74) is 1.29. The molecule has 0 bridgehead atoms. The zero-order valence-corrected chi connectivity index (χ0v) is 14.5. The first-order valence-corrected chi connectivity index (χ1v) is 8.80. The van der Waals surface area contributed by atoms with Crippen LogP contribution in [0.25, 0.3) is 32.0 Å². The van der Waals surface area contributed by atoms with Crippen molar-refractivity contribution in [2.45, 2.75) is 6.92 Å². The lowest BCUT2D eigenvalue weighted by molar-refractivity contribution is 0.341. The largest absolute Gasteiger partial charge is 0.494 e. The molecule has 0 atom stereocenters. The molecular weight excluding hydrogens is 352 g/mol. The Balaban J connectivity index is 1.71. The number of benzene rings is 1. The molecule has 5 rings (SSSR count). The molecule has 0 N–H and O–H groups in total. The summed E-state index contributed by atoms with van der Waals surface area (Å²) in [6.45, 7) is 2.54. The highest BCUT2D eigenvalue weighted by molar-refractivity contribution is 7.20. The van der Waals surface area contributed by atoms with Crippen molar-refractivity contribution in [2.75, 3.05) is 6.61 Å². The van der Waals surface area contributed by atoms with Crippen LogP contribution in [-0.2, 0) is 0 Å². The summed E-state index contributed by atoms with van der Waals surface area (Å²) in [6.07, 6.45) is 4.64. The normalized spacial score (nSPS) is 11.6. The van der Waals surface area contributed by atoms with Crippen LogP contribution in [0.2, 0.25) is 0 Å². The van der Waals surface area contributed by atoms with E-state index < -0.39 is 0 Å². The predicted octanol–water partition coefficient (Wildman–Crippen LogP) is 2.44. The molecule has 128 valence electrons. The minimum Gasteiger partial charge on any atom is -0.494 e. The van der Waals surface area contributed by atoms with Crippen LogP contribution < -0.4 is 10.3 Å². The van der Waals surface area contributed by atoms with Crippen LogP contribution in [0.4, 0.5) is 0 Å². The molecule has 9 heteroatoms. The Morgan fingerprint density at radius 1 is 1.23 bits per heavy atom. The Labute approximate surface area is 150 Å². The summed E-state index contributed by atoms with van der Waals surface area (Å²) in [6, 6.07) is 7.53. The predicted molar refractivity (Wildman–Crippen MR) is 98.2 cm³/mol. The second-order valence-corrected chi connectivity index (χ2v) is 6.59. The molecule has 0 saturated carbocycles. The molecule has 5 aromatic rings. The van der Waals surface area contributed by atoms with Crippen molar-refractivity contribution in [3.63, 3.8) is 0 Å². The zero-order chi connectivity index (χ0) is 17.7. The zero-order valence-electron chi connectivity index (χ0n) is 13.7. The molecule has 1 aromatic carbocycles. The van der Waals surface area contributed by atoms with Gasteiger partial charge in [-0.05, 0) is 31.2 Å². The Hall–Kier alpha value is -3.33. The van der Waals surface area contributed by atoms with Gasteiger partial charge in [-0.3, -0.25) is 9.36 Å². The van der Waals surface area contributed by atoms with Gasteiger partial charge in [0.25, 0.3) is 11.3 Å². The van der Waals surface area contributed by atoms with Gasteiger partial charge >= 0.3 is 0 Å². The molecule has 0 aliphatic rings. The first kappa shape index (κ1) is 15.0. The van der Waals surface area contributed by atoms with Crippen LogP contribution in [-0.4, -0.2) is 35.7 Å². The second-order valence-electron chi connectivity index (χ2n) is 5.58. The molecule has 26 heavy (non-hydrogen) atoms. The van der Waals surface area contributed by atoms with Crippen LogP contribution in [0, 0.1) is 0 Å². The van der Waals surface area contributed by atoms with E-state index in [2.05, 4.69) is 20.1 Å². The lowest BCUT2D eigenvalue weighted by atomic mass is 10.3. The summed E-state index contributed by atoms with van der Waals surface area (Å²) in [5.74, 6) is 1.25. The molecule has 0 aliphatic heterocycles. The number of fused-ring (bicyclic) bond motifs is 4. The van der Waals surface area contributed by atoms with E-state index in [4.69, 9.17) is 4.74 Å². The second kappa shape index (κ2) is 5.60. The minimum absolute atomic E-state index is 0.198. The minimum atomic E-state index is -0.198. The van der Waals surface area contributed by atoms with Crippen molar-refractivity contribution in [2.24, 2.45) is 0 Å². The van der Waals surface area contributed by atoms with E-state index in [-0.39, 0.29) is 5.56 Å². The molecule has 4 aromatic heterocycles. The number of pyridine rings is 1. The smallest absolute Gasteiger partial charge is 0.267 e. The van der Waals surface area contributed by atoms with Gasteiger partial charge in [-0.2, -0.15) is 14.6 Å². The Morgan fingerprint density at radius 2 is 2.15 bits per heavy atom. The maximum absolute atomic E-state index is 12.9. The highest BCUT2D eigenvalue weighted by atomic mass is 32.1. The van der Waals surface area contributed by atoms with Gasteiger partial charge in [0.1, 0.15) is 12.1 Å². The first-order valence-electron chi connectivity index (χ1n) is 7.98. The van der Waals surface area contributed by atoms with Gasteiger partial charge in [0.05, 0.1) is 27.7 Å². The molecule has 0 fully saturated rings. The topological polar surface area (TPSA) is 87.2 Å². The van der Waals surface area contributed by atoms with Gasteiger partial charge in [-0.15, -0.1) is 0 Å². The highest BCUT2D eigenvalue weighted by Gasteiger charge is 2.13. The maximum atomic E-state index is 12.9. The SMILES string of the molecule is CCOc1ccc2nc(-n3ccc4c(cnc5ncnn54)c3=O)sc2c1. The fourth-order valence-electron chi connectivity index (χ4n) is 2.87. The molecule has 0 amide bonds. The Morgan fingerprint density at radius 3 is 3.04 bits per heavy atom. The van der Waals surface area contributed by atoms with E-state index in [0.29, 0.717) is 28.4 Å². The molecule has 0 unspecified atom stereocenters. The molecule has 8 nitrogen and oxygen atoms in total. The monoisotopic (exact) mass is 364 g/mol. The van der Waals surface area contributed by atoms with E-state index in [9.17, 15) is 4.79 Å². The van der Waals surface area contributed by atoms with Crippen molar-refractivity contribution in [1.29, 1.82) is 0 Å². The number of aromatic nitrogens is 6. The summed E-state index contributed by atoms with van der Waals surface area (Å²) in [4.78, 5) is 25.7. The van der Waals surface area contributed by atoms with E-state index >= 15 is 0 Å². The average molecular weight is 364 g/mol. The molecule has 0 saturated heterocycles. The van der Waals surface area contributed by atoms with Crippen molar-refractivity contribution >= 4 is 38.2 Å². The summed E-state index contributed by atoms with van der Waals surface area (Å²) in [5, 5.41) is 5.17. The van der Waals surface area contributed by atoms with Gasteiger partial charge in [0, 0.05) is 12.4 Å². The van der Waals surface area contributed by atoms with Gasteiger partial charge in [0.2, 0.25) is 0 Å².